The molecule has 2 aliphatic rings. The fraction of sp³-hybridized carbons (Fsp3) is 0.458. The summed E-state index contributed by atoms with van der Waals surface area (Å²) in [7, 11) is 0. The van der Waals surface area contributed by atoms with Crippen LogP contribution in [0.2, 0.25) is 0 Å². The topological polar surface area (TPSA) is 36.0 Å². The molecule has 30 heavy (non-hydrogen) atoms. The molecule has 0 aromatic heterocycles. The van der Waals surface area contributed by atoms with Gasteiger partial charge in [-0.15, -0.1) is 0 Å². The lowest BCUT2D eigenvalue weighted by Crippen LogP contribution is -2.52. The number of nitrogens with zero attached hydrogens (tertiary/aromatic N) is 3. The van der Waals surface area contributed by atoms with Crippen molar-refractivity contribution in [1.29, 1.82) is 0 Å². The molecule has 1 amide bonds. The van der Waals surface area contributed by atoms with Crippen molar-refractivity contribution < 1.29 is 13.9 Å². The lowest BCUT2D eigenvalue weighted by atomic mass is 9.95. The van der Waals surface area contributed by atoms with Crippen LogP contribution in [0.4, 0.5) is 4.39 Å². The van der Waals surface area contributed by atoms with Crippen molar-refractivity contribution in [3.8, 4) is 0 Å². The average Bonchev–Trinajstić information content (AvgIpc) is 2.78. The van der Waals surface area contributed by atoms with Gasteiger partial charge in [0.2, 0.25) is 5.91 Å². The van der Waals surface area contributed by atoms with Crippen LogP contribution in [0.1, 0.15) is 22.7 Å². The van der Waals surface area contributed by atoms with Gasteiger partial charge in [-0.1, -0.05) is 42.0 Å². The van der Waals surface area contributed by atoms with Crippen molar-refractivity contribution in [2.75, 3.05) is 59.0 Å². The van der Waals surface area contributed by atoms with Gasteiger partial charge in [-0.2, -0.15) is 0 Å². The Kier molecular flexibility index (Phi) is 6.77. The van der Waals surface area contributed by atoms with E-state index in [2.05, 4.69) is 41.0 Å². The maximum absolute atomic E-state index is 13.5. The molecule has 0 N–H and O–H groups in total. The van der Waals surface area contributed by atoms with E-state index < -0.39 is 0 Å². The van der Waals surface area contributed by atoms with E-state index in [1.165, 1.54) is 23.3 Å². The predicted octanol–water partition coefficient (Wildman–Crippen LogP) is 2.70. The van der Waals surface area contributed by atoms with Crippen molar-refractivity contribution in [1.82, 2.24) is 14.7 Å². The zero-order valence-electron chi connectivity index (χ0n) is 17.6. The van der Waals surface area contributed by atoms with Gasteiger partial charge in [0.05, 0.1) is 25.8 Å². The Morgan fingerprint density at radius 3 is 2.07 bits per heavy atom. The number of ether oxygens (including phenoxy) is 1. The summed E-state index contributed by atoms with van der Waals surface area (Å²) in [6, 6.07) is 15.4. The van der Waals surface area contributed by atoms with E-state index in [0.717, 1.165) is 31.7 Å². The zero-order valence-corrected chi connectivity index (χ0v) is 17.6. The fourth-order valence-corrected chi connectivity index (χ4v) is 4.29. The molecule has 1 unspecified atom stereocenters. The molecule has 0 radical (unpaired) electrons. The highest BCUT2D eigenvalue weighted by Gasteiger charge is 2.29. The normalized spacial score (nSPS) is 19.6. The SMILES string of the molecule is Cc1ccc(C(c2ccc(F)cc2)N2CCN(C(=O)CN3CCOCC3)CC2)cc1. The van der Waals surface area contributed by atoms with Gasteiger partial charge in [-0.25, -0.2) is 4.39 Å². The van der Waals surface area contributed by atoms with Crippen LogP contribution in [-0.2, 0) is 9.53 Å². The van der Waals surface area contributed by atoms with Gasteiger partial charge in [0.15, 0.2) is 0 Å². The number of halogens is 1. The lowest BCUT2D eigenvalue weighted by Gasteiger charge is -2.40. The first-order valence-corrected chi connectivity index (χ1v) is 10.7. The largest absolute Gasteiger partial charge is 0.379 e. The van der Waals surface area contributed by atoms with Gasteiger partial charge < -0.3 is 9.64 Å². The van der Waals surface area contributed by atoms with Crippen molar-refractivity contribution >= 4 is 5.91 Å². The minimum Gasteiger partial charge on any atom is -0.379 e. The minimum atomic E-state index is -0.222. The van der Waals surface area contributed by atoms with Gasteiger partial charge >= 0.3 is 0 Å². The van der Waals surface area contributed by atoms with E-state index in [0.29, 0.717) is 32.8 Å². The predicted molar refractivity (Wildman–Crippen MR) is 115 cm³/mol. The molecule has 6 heteroatoms. The number of hydrogen-bond acceptors (Lipinski definition) is 4. The number of amides is 1. The summed E-state index contributed by atoms with van der Waals surface area (Å²) in [5.41, 5.74) is 3.49. The summed E-state index contributed by atoms with van der Waals surface area (Å²) in [4.78, 5) is 19.3. The number of carbonyl (C=O) groups is 1. The van der Waals surface area contributed by atoms with Crippen LogP contribution in [0, 0.1) is 12.7 Å². The number of piperazine rings is 1. The second-order valence-corrected chi connectivity index (χ2v) is 8.17. The van der Waals surface area contributed by atoms with E-state index in [1.807, 2.05) is 17.0 Å². The van der Waals surface area contributed by atoms with Crippen molar-refractivity contribution in [3.05, 3.63) is 71.0 Å². The van der Waals surface area contributed by atoms with Gasteiger partial charge in [0, 0.05) is 39.3 Å². The molecule has 0 saturated carbocycles. The second kappa shape index (κ2) is 9.69. The highest BCUT2D eigenvalue weighted by atomic mass is 19.1. The smallest absolute Gasteiger partial charge is 0.236 e. The minimum absolute atomic E-state index is 0.0581. The standard InChI is InChI=1S/C24H30FN3O2/c1-19-2-4-20(5-3-19)24(21-6-8-22(25)9-7-21)28-12-10-27(11-13-28)23(29)18-26-14-16-30-17-15-26/h2-9,24H,10-18H2,1H3. The number of aryl methyl sites for hydroxylation is 1. The number of carbonyl (C=O) groups excluding carboxylic acids is 1. The van der Waals surface area contributed by atoms with Crippen molar-refractivity contribution in [2.45, 2.75) is 13.0 Å². The van der Waals surface area contributed by atoms with Crippen LogP contribution in [0.25, 0.3) is 0 Å². The van der Waals surface area contributed by atoms with Gasteiger partial charge in [-0.3, -0.25) is 14.6 Å². The van der Waals surface area contributed by atoms with Gasteiger partial charge in [0.1, 0.15) is 5.82 Å². The summed E-state index contributed by atoms with van der Waals surface area (Å²) in [5.74, 6) is -0.0230. The molecular formula is C24H30FN3O2. The number of benzene rings is 2. The summed E-state index contributed by atoms with van der Waals surface area (Å²) >= 11 is 0. The zero-order chi connectivity index (χ0) is 20.9. The third-order valence-corrected chi connectivity index (χ3v) is 6.07. The fourth-order valence-electron chi connectivity index (χ4n) is 4.29. The highest BCUT2D eigenvalue weighted by molar-refractivity contribution is 5.78. The van der Waals surface area contributed by atoms with Crippen molar-refractivity contribution in [3.63, 3.8) is 0 Å². The van der Waals surface area contributed by atoms with Crippen LogP contribution in [0.15, 0.2) is 48.5 Å². The average molecular weight is 412 g/mol. The molecule has 2 saturated heterocycles. The number of hydrogen-bond donors (Lipinski definition) is 0. The first-order valence-electron chi connectivity index (χ1n) is 10.7. The van der Waals surface area contributed by atoms with Crippen LogP contribution in [0.3, 0.4) is 0 Å². The first-order chi connectivity index (χ1) is 14.6. The van der Waals surface area contributed by atoms with Crippen molar-refractivity contribution in [2.24, 2.45) is 0 Å². The molecule has 0 bridgehead atoms. The lowest BCUT2D eigenvalue weighted by molar-refractivity contribution is -0.135. The molecule has 2 aliphatic heterocycles. The highest BCUT2D eigenvalue weighted by Crippen LogP contribution is 2.30. The third-order valence-electron chi connectivity index (χ3n) is 6.07. The Morgan fingerprint density at radius 1 is 0.900 bits per heavy atom. The molecule has 1 atom stereocenters. The third kappa shape index (κ3) is 5.06. The quantitative estimate of drug-likeness (QED) is 0.758. The number of rotatable bonds is 5. The Balaban J connectivity index is 1.44. The van der Waals surface area contributed by atoms with Gasteiger partial charge in [-0.05, 0) is 30.2 Å². The van der Waals surface area contributed by atoms with Crippen LogP contribution >= 0.6 is 0 Å². The maximum Gasteiger partial charge on any atom is 0.236 e. The van der Waals surface area contributed by atoms with E-state index in [9.17, 15) is 9.18 Å². The Labute approximate surface area is 178 Å². The molecule has 2 aromatic rings. The van der Waals surface area contributed by atoms with E-state index in [4.69, 9.17) is 4.74 Å². The molecular weight excluding hydrogens is 381 g/mol. The van der Waals surface area contributed by atoms with E-state index in [-0.39, 0.29) is 17.8 Å². The van der Waals surface area contributed by atoms with Crippen LogP contribution < -0.4 is 0 Å². The Hall–Kier alpha value is -2.28. The molecule has 2 fully saturated rings. The first kappa shape index (κ1) is 21.0. The summed E-state index contributed by atoms with van der Waals surface area (Å²) in [6.07, 6.45) is 0. The monoisotopic (exact) mass is 411 g/mol. The van der Waals surface area contributed by atoms with E-state index >= 15 is 0 Å². The Bertz CT molecular complexity index is 781. The molecule has 0 spiro atoms. The maximum atomic E-state index is 13.5. The molecule has 4 rings (SSSR count). The molecule has 0 aliphatic carbocycles. The van der Waals surface area contributed by atoms with Gasteiger partial charge in [0.25, 0.3) is 0 Å². The molecule has 5 nitrogen and oxygen atoms in total. The Morgan fingerprint density at radius 2 is 1.47 bits per heavy atom. The molecule has 2 heterocycles. The van der Waals surface area contributed by atoms with E-state index in [1.54, 1.807) is 0 Å². The summed E-state index contributed by atoms with van der Waals surface area (Å²) in [6.45, 7) is 8.64. The summed E-state index contributed by atoms with van der Waals surface area (Å²) < 4.78 is 18.9. The molecule has 2 aromatic carbocycles. The second-order valence-electron chi connectivity index (χ2n) is 8.17. The summed E-state index contributed by atoms with van der Waals surface area (Å²) in [5, 5.41) is 0. The number of morpholine rings is 1. The molecule has 160 valence electrons. The van der Waals surface area contributed by atoms with Crippen LogP contribution in [0.5, 0.6) is 0 Å². The van der Waals surface area contributed by atoms with Crippen LogP contribution in [-0.4, -0.2) is 79.6 Å².